The molecule has 2 atom stereocenters. The van der Waals surface area contributed by atoms with Crippen molar-refractivity contribution in [1.82, 2.24) is 20.3 Å². The fraction of sp³-hybridized carbons (Fsp3) is 0.391. The first kappa shape index (κ1) is 18.3. The highest BCUT2D eigenvalue weighted by molar-refractivity contribution is 5.72. The van der Waals surface area contributed by atoms with E-state index in [1.54, 1.807) is 0 Å². The lowest BCUT2D eigenvalue weighted by Gasteiger charge is -2.32. The van der Waals surface area contributed by atoms with Gasteiger partial charge in [0.05, 0.1) is 11.4 Å². The molecule has 5 nitrogen and oxygen atoms in total. The molecule has 2 aromatic rings. The van der Waals surface area contributed by atoms with E-state index in [1.807, 2.05) is 23.7 Å². The third-order valence-corrected chi connectivity index (χ3v) is 6.29. The van der Waals surface area contributed by atoms with Crippen molar-refractivity contribution < 1.29 is 4.39 Å². The van der Waals surface area contributed by atoms with Crippen molar-refractivity contribution in [2.75, 3.05) is 18.4 Å². The summed E-state index contributed by atoms with van der Waals surface area (Å²) in [4.78, 5) is 0. The lowest BCUT2D eigenvalue weighted by atomic mass is 9.77. The van der Waals surface area contributed by atoms with Crippen LogP contribution in [0, 0.1) is 18.7 Å². The minimum absolute atomic E-state index is 0.209. The molecular weight excluding hydrogens is 365 g/mol. The molecule has 2 N–H and O–H groups in total. The van der Waals surface area contributed by atoms with Crippen LogP contribution in [0.15, 0.2) is 53.6 Å². The Bertz CT molecular complexity index is 999. The molecule has 0 spiro atoms. The highest BCUT2D eigenvalue weighted by atomic mass is 19.1. The summed E-state index contributed by atoms with van der Waals surface area (Å²) in [6.07, 6.45) is 9.92. The van der Waals surface area contributed by atoms with Gasteiger partial charge >= 0.3 is 0 Å². The van der Waals surface area contributed by atoms with Crippen molar-refractivity contribution >= 4 is 11.3 Å². The zero-order valence-electron chi connectivity index (χ0n) is 16.7. The van der Waals surface area contributed by atoms with E-state index in [0.29, 0.717) is 5.92 Å². The van der Waals surface area contributed by atoms with Gasteiger partial charge in [0.1, 0.15) is 5.82 Å². The second-order valence-electron chi connectivity index (χ2n) is 8.10. The first-order chi connectivity index (χ1) is 14.2. The van der Waals surface area contributed by atoms with E-state index in [2.05, 4.69) is 39.2 Å². The number of nitrogens with one attached hydrogen (secondary N) is 2. The number of allylic oxidation sites excluding steroid dienone is 3. The van der Waals surface area contributed by atoms with Crippen LogP contribution in [-0.2, 0) is 6.54 Å². The Morgan fingerprint density at radius 3 is 2.83 bits per heavy atom. The average Bonchev–Trinajstić information content (AvgIpc) is 3.05. The third kappa shape index (κ3) is 3.53. The van der Waals surface area contributed by atoms with Crippen LogP contribution in [0.1, 0.15) is 30.7 Å². The number of anilines is 1. The SMILES string of the molecule is Cc1nnn2c1C1=CC=C(C3=CCNCC3)CC1C(Nc1ccc(F)cc1)CC2. The van der Waals surface area contributed by atoms with Crippen LogP contribution in [0.4, 0.5) is 10.1 Å². The normalized spacial score (nSPS) is 23.9. The van der Waals surface area contributed by atoms with Gasteiger partial charge in [-0.15, -0.1) is 5.10 Å². The summed E-state index contributed by atoms with van der Waals surface area (Å²) < 4.78 is 15.4. The smallest absolute Gasteiger partial charge is 0.123 e. The minimum atomic E-state index is -0.209. The van der Waals surface area contributed by atoms with Gasteiger partial charge in [-0.1, -0.05) is 23.4 Å². The number of nitrogens with zero attached hydrogens (tertiary/aromatic N) is 3. The van der Waals surface area contributed by atoms with Gasteiger partial charge in [-0.2, -0.15) is 0 Å². The number of aryl methyl sites for hydroxylation is 2. The molecule has 3 aliphatic rings. The van der Waals surface area contributed by atoms with E-state index in [1.165, 1.54) is 28.9 Å². The standard InChI is InChI=1S/C23H26FN5/c1-15-23-20-7-2-17(16-8-11-25-12-9-16)14-21(20)22(10-13-29(23)28-27-15)26-19-5-3-18(24)4-6-19/h2-8,21-22,25-26H,9-14H2,1H3. The Kier molecular flexibility index (Phi) is 4.79. The summed E-state index contributed by atoms with van der Waals surface area (Å²) in [5.41, 5.74) is 7.32. The van der Waals surface area contributed by atoms with Crippen LogP contribution < -0.4 is 10.6 Å². The van der Waals surface area contributed by atoms with Gasteiger partial charge in [0, 0.05) is 30.7 Å². The number of halogens is 1. The number of fused-ring (bicyclic) bond motifs is 3. The number of aromatic nitrogens is 3. The summed E-state index contributed by atoms with van der Waals surface area (Å²) in [6, 6.07) is 6.93. The molecule has 1 aliphatic carbocycles. The van der Waals surface area contributed by atoms with Gasteiger partial charge in [0.15, 0.2) is 0 Å². The van der Waals surface area contributed by atoms with Crippen LogP contribution in [0.2, 0.25) is 0 Å². The van der Waals surface area contributed by atoms with E-state index >= 15 is 0 Å². The number of hydrogen-bond donors (Lipinski definition) is 2. The van der Waals surface area contributed by atoms with E-state index in [9.17, 15) is 4.39 Å². The van der Waals surface area contributed by atoms with E-state index in [0.717, 1.165) is 56.0 Å². The molecule has 0 saturated heterocycles. The molecule has 2 unspecified atom stereocenters. The predicted octanol–water partition coefficient (Wildman–Crippen LogP) is 3.86. The maximum atomic E-state index is 13.4. The van der Waals surface area contributed by atoms with Gasteiger partial charge in [0.25, 0.3) is 0 Å². The molecule has 6 heteroatoms. The summed E-state index contributed by atoms with van der Waals surface area (Å²) in [5, 5.41) is 15.8. The lowest BCUT2D eigenvalue weighted by molar-refractivity contribution is 0.473. The van der Waals surface area contributed by atoms with Crippen molar-refractivity contribution in [3.8, 4) is 0 Å². The molecule has 1 aromatic heterocycles. The molecule has 0 radical (unpaired) electrons. The fourth-order valence-corrected chi connectivity index (χ4v) is 4.80. The number of benzene rings is 1. The van der Waals surface area contributed by atoms with Gasteiger partial charge in [-0.3, -0.25) is 0 Å². The summed E-state index contributed by atoms with van der Waals surface area (Å²) in [7, 11) is 0. The van der Waals surface area contributed by atoms with E-state index < -0.39 is 0 Å². The Balaban J connectivity index is 1.51. The van der Waals surface area contributed by atoms with Crippen molar-refractivity contribution in [3.05, 3.63) is 70.8 Å². The molecule has 5 rings (SSSR count). The Labute approximate surface area is 170 Å². The monoisotopic (exact) mass is 391 g/mol. The molecule has 3 heterocycles. The Morgan fingerprint density at radius 2 is 2.03 bits per heavy atom. The van der Waals surface area contributed by atoms with Crippen molar-refractivity contribution in [2.45, 2.75) is 38.8 Å². The van der Waals surface area contributed by atoms with Crippen LogP contribution >= 0.6 is 0 Å². The van der Waals surface area contributed by atoms with Crippen molar-refractivity contribution in [2.24, 2.45) is 5.92 Å². The van der Waals surface area contributed by atoms with Crippen LogP contribution in [-0.4, -0.2) is 34.1 Å². The van der Waals surface area contributed by atoms with Crippen LogP contribution in [0.25, 0.3) is 5.57 Å². The summed E-state index contributed by atoms with van der Waals surface area (Å²) in [6.45, 7) is 4.85. The maximum absolute atomic E-state index is 13.4. The van der Waals surface area contributed by atoms with E-state index in [4.69, 9.17) is 0 Å². The highest BCUT2D eigenvalue weighted by Crippen LogP contribution is 2.42. The zero-order valence-corrected chi connectivity index (χ0v) is 16.7. The number of hydrogen-bond acceptors (Lipinski definition) is 4. The first-order valence-electron chi connectivity index (χ1n) is 10.4. The van der Waals surface area contributed by atoms with Gasteiger partial charge in [-0.25, -0.2) is 9.07 Å². The molecule has 0 bridgehead atoms. The van der Waals surface area contributed by atoms with Gasteiger partial charge in [0.2, 0.25) is 0 Å². The average molecular weight is 391 g/mol. The van der Waals surface area contributed by atoms with Crippen LogP contribution in [0.3, 0.4) is 0 Å². The molecule has 2 aliphatic heterocycles. The molecule has 1 aromatic carbocycles. The molecule has 0 amide bonds. The summed E-state index contributed by atoms with van der Waals surface area (Å²) in [5.74, 6) is 0.119. The lowest BCUT2D eigenvalue weighted by Crippen LogP contribution is -2.31. The van der Waals surface area contributed by atoms with E-state index in [-0.39, 0.29) is 11.9 Å². The topological polar surface area (TPSA) is 54.8 Å². The molecule has 0 saturated carbocycles. The molecular formula is C23H26FN5. The summed E-state index contributed by atoms with van der Waals surface area (Å²) >= 11 is 0. The van der Waals surface area contributed by atoms with Gasteiger partial charge in [-0.05, 0) is 73.7 Å². The third-order valence-electron chi connectivity index (χ3n) is 6.29. The second-order valence-corrected chi connectivity index (χ2v) is 8.10. The quantitative estimate of drug-likeness (QED) is 0.834. The highest BCUT2D eigenvalue weighted by Gasteiger charge is 2.35. The predicted molar refractivity (Wildman–Crippen MR) is 113 cm³/mol. The molecule has 0 fully saturated rings. The Hall–Kier alpha value is -2.73. The fourth-order valence-electron chi connectivity index (χ4n) is 4.80. The second kappa shape index (κ2) is 7.59. The largest absolute Gasteiger partial charge is 0.382 e. The maximum Gasteiger partial charge on any atom is 0.123 e. The first-order valence-corrected chi connectivity index (χ1v) is 10.4. The molecule has 150 valence electrons. The van der Waals surface area contributed by atoms with Crippen molar-refractivity contribution in [3.63, 3.8) is 0 Å². The van der Waals surface area contributed by atoms with Crippen LogP contribution in [0.5, 0.6) is 0 Å². The van der Waals surface area contributed by atoms with Crippen molar-refractivity contribution in [1.29, 1.82) is 0 Å². The van der Waals surface area contributed by atoms with Gasteiger partial charge < -0.3 is 10.6 Å². The minimum Gasteiger partial charge on any atom is -0.382 e. The molecule has 29 heavy (non-hydrogen) atoms. The number of rotatable bonds is 3. The Morgan fingerprint density at radius 1 is 1.17 bits per heavy atom. The zero-order chi connectivity index (χ0) is 19.8.